The summed E-state index contributed by atoms with van der Waals surface area (Å²) in [6, 6.07) is 0.591. The molecule has 1 N–H and O–H groups in total. The lowest BCUT2D eigenvalue weighted by Gasteiger charge is -2.31. The lowest BCUT2D eigenvalue weighted by molar-refractivity contribution is 0.00504. The third kappa shape index (κ3) is 2.00. The molecule has 4 heteroatoms. The van der Waals surface area contributed by atoms with E-state index in [1.54, 1.807) is 0 Å². The third-order valence-corrected chi connectivity index (χ3v) is 3.92. The summed E-state index contributed by atoms with van der Waals surface area (Å²) in [6.07, 6.45) is 3.74. The van der Waals surface area contributed by atoms with Crippen molar-refractivity contribution < 1.29 is 4.74 Å². The summed E-state index contributed by atoms with van der Waals surface area (Å²) < 4.78 is 8.13. The number of aromatic nitrogens is 2. The Morgan fingerprint density at radius 1 is 1.47 bits per heavy atom. The SMILES string of the molecule is Cc1nc2c(n1C1CCOC(C)C1)CCNC2. The van der Waals surface area contributed by atoms with Gasteiger partial charge in [-0.3, -0.25) is 0 Å². The molecule has 4 nitrogen and oxygen atoms in total. The standard InChI is InChI=1S/C13H21N3O/c1-9-7-11(4-6-17-9)16-10(2)15-12-8-14-5-3-13(12)16/h9,11,14H,3-8H2,1-2H3. The minimum absolute atomic E-state index is 0.382. The number of hydrogen-bond donors (Lipinski definition) is 1. The molecule has 1 fully saturated rings. The highest BCUT2D eigenvalue weighted by molar-refractivity contribution is 5.21. The van der Waals surface area contributed by atoms with Crippen molar-refractivity contribution in [3.05, 3.63) is 17.2 Å². The summed E-state index contributed by atoms with van der Waals surface area (Å²) in [4.78, 5) is 4.71. The lowest BCUT2D eigenvalue weighted by Crippen LogP contribution is -2.30. The minimum Gasteiger partial charge on any atom is -0.378 e. The van der Waals surface area contributed by atoms with Gasteiger partial charge in [0, 0.05) is 37.9 Å². The first-order valence-corrected chi connectivity index (χ1v) is 6.64. The molecule has 0 aromatic carbocycles. The number of nitrogens with zero attached hydrogens (tertiary/aromatic N) is 2. The van der Waals surface area contributed by atoms with E-state index in [1.165, 1.54) is 17.2 Å². The van der Waals surface area contributed by atoms with Crippen LogP contribution < -0.4 is 5.32 Å². The number of ether oxygens (including phenoxy) is 1. The van der Waals surface area contributed by atoms with Crippen molar-refractivity contribution in [3.63, 3.8) is 0 Å². The van der Waals surface area contributed by atoms with Crippen LogP contribution in [0.15, 0.2) is 0 Å². The molecule has 0 spiro atoms. The van der Waals surface area contributed by atoms with Crippen molar-refractivity contribution >= 4 is 0 Å². The maximum Gasteiger partial charge on any atom is 0.106 e. The van der Waals surface area contributed by atoms with Crippen LogP contribution in [0.4, 0.5) is 0 Å². The van der Waals surface area contributed by atoms with Crippen LogP contribution in [0.1, 0.15) is 43.0 Å². The second-order valence-corrected chi connectivity index (χ2v) is 5.21. The zero-order valence-electron chi connectivity index (χ0n) is 10.7. The molecule has 0 amide bonds. The van der Waals surface area contributed by atoms with E-state index < -0.39 is 0 Å². The molecule has 3 rings (SSSR count). The quantitative estimate of drug-likeness (QED) is 0.803. The van der Waals surface area contributed by atoms with Gasteiger partial charge in [0.15, 0.2) is 0 Å². The summed E-state index contributed by atoms with van der Waals surface area (Å²) in [5, 5.41) is 3.39. The summed E-state index contributed by atoms with van der Waals surface area (Å²) >= 11 is 0. The molecule has 2 aliphatic rings. The Labute approximate surface area is 102 Å². The van der Waals surface area contributed by atoms with Gasteiger partial charge in [-0.15, -0.1) is 0 Å². The molecule has 2 atom stereocenters. The van der Waals surface area contributed by atoms with Crippen LogP contribution in [-0.2, 0) is 17.7 Å². The van der Waals surface area contributed by atoms with Crippen molar-refractivity contribution in [2.45, 2.75) is 51.8 Å². The molecular weight excluding hydrogens is 214 g/mol. The fourth-order valence-corrected chi connectivity index (χ4v) is 3.16. The van der Waals surface area contributed by atoms with E-state index in [4.69, 9.17) is 9.72 Å². The maximum absolute atomic E-state index is 5.64. The van der Waals surface area contributed by atoms with E-state index in [1.807, 2.05) is 0 Å². The Hall–Kier alpha value is -0.870. The van der Waals surface area contributed by atoms with Crippen LogP contribution in [0.25, 0.3) is 0 Å². The second kappa shape index (κ2) is 4.42. The number of imidazole rings is 1. The van der Waals surface area contributed by atoms with Crippen molar-refractivity contribution in [2.75, 3.05) is 13.2 Å². The van der Waals surface area contributed by atoms with Gasteiger partial charge in [0.05, 0.1) is 11.8 Å². The fraction of sp³-hybridized carbons (Fsp3) is 0.769. The monoisotopic (exact) mass is 235 g/mol. The molecule has 1 aromatic rings. The van der Waals surface area contributed by atoms with Gasteiger partial charge < -0.3 is 14.6 Å². The zero-order valence-corrected chi connectivity index (χ0v) is 10.7. The van der Waals surface area contributed by atoms with Crippen LogP contribution >= 0.6 is 0 Å². The van der Waals surface area contributed by atoms with E-state index in [0.29, 0.717) is 12.1 Å². The largest absolute Gasteiger partial charge is 0.378 e. The molecule has 0 aliphatic carbocycles. The third-order valence-electron chi connectivity index (χ3n) is 3.92. The Kier molecular flexibility index (Phi) is 2.92. The predicted octanol–water partition coefficient (Wildman–Crippen LogP) is 1.58. The second-order valence-electron chi connectivity index (χ2n) is 5.21. The molecule has 0 bridgehead atoms. The number of fused-ring (bicyclic) bond motifs is 1. The minimum atomic E-state index is 0.382. The Bertz CT molecular complexity index is 413. The van der Waals surface area contributed by atoms with Crippen molar-refractivity contribution in [3.8, 4) is 0 Å². The highest BCUT2D eigenvalue weighted by Gasteiger charge is 2.26. The van der Waals surface area contributed by atoms with E-state index in [9.17, 15) is 0 Å². The van der Waals surface area contributed by atoms with Gasteiger partial charge in [-0.1, -0.05) is 0 Å². The summed E-state index contributed by atoms with van der Waals surface area (Å²) in [7, 11) is 0. The van der Waals surface area contributed by atoms with Gasteiger partial charge >= 0.3 is 0 Å². The molecule has 1 aromatic heterocycles. The van der Waals surface area contributed by atoms with Gasteiger partial charge in [-0.25, -0.2) is 4.98 Å². The van der Waals surface area contributed by atoms with Crippen LogP contribution in [0.2, 0.25) is 0 Å². The average Bonchev–Trinajstić information content (AvgIpc) is 2.64. The van der Waals surface area contributed by atoms with E-state index in [-0.39, 0.29) is 0 Å². The summed E-state index contributed by atoms with van der Waals surface area (Å²) in [6.45, 7) is 7.21. The molecule has 2 unspecified atom stereocenters. The molecular formula is C13H21N3O. The fourth-order valence-electron chi connectivity index (χ4n) is 3.16. The zero-order chi connectivity index (χ0) is 11.8. The van der Waals surface area contributed by atoms with Crippen LogP contribution in [0.3, 0.4) is 0 Å². The maximum atomic E-state index is 5.64. The normalized spacial score (nSPS) is 29.1. The van der Waals surface area contributed by atoms with Gasteiger partial charge in [0.2, 0.25) is 0 Å². The number of rotatable bonds is 1. The average molecular weight is 235 g/mol. The first-order chi connectivity index (χ1) is 8.25. The molecule has 17 heavy (non-hydrogen) atoms. The van der Waals surface area contributed by atoms with E-state index in [2.05, 4.69) is 23.7 Å². The molecule has 94 valence electrons. The molecule has 1 saturated heterocycles. The topological polar surface area (TPSA) is 39.1 Å². The number of hydrogen-bond acceptors (Lipinski definition) is 3. The highest BCUT2D eigenvalue weighted by Crippen LogP contribution is 2.29. The predicted molar refractivity (Wildman–Crippen MR) is 66.1 cm³/mol. The van der Waals surface area contributed by atoms with Crippen molar-refractivity contribution in [1.29, 1.82) is 0 Å². The number of nitrogens with one attached hydrogen (secondary N) is 1. The van der Waals surface area contributed by atoms with Gasteiger partial charge in [-0.2, -0.15) is 0 Å². The van der Waals surface area contributed by atoms with Crippen LogP contribution in [0, 0.1) is 6.92 Å². The van der Waals surface area contributed by atoms with E-state index >= 15 is 0 Å². The van der Waals surface area contributed by atoms with Crippen LogP contribution in [-0.4, -0.2) is 28.8 Å². The Morgan fingerprint density at radius 3 is 3.18 bits per heavy atom. The lowest BCUT2D eigenvalue weighted by atomic mass is 10.0. The van der Waals surface area contributed by atoms with Gasteiger partial charge in [0.1, 0.15) is 5.82 Å². The highest BCUT2D eigenvalue weighted by atomic mass is 16.5. The molecule has 3 heterocycles. The number of aryl methyl sites for hydroxylation is 1. The molecule has 0 saturated carbocycles. The smallest absolute Gasteiger partial charge is 0.106 e. The van der Waals surface area contributed by atoms with Crippen LogP contribution in [0.5, 0.6) is 0 Å². The Balaban J connectivity index is 1.93. The summed E-state index contributed by atoms with van der Waals surface area (Å²) in [5.74, 6) is 1.18. The summed E-state index contributed by atoms with van der Waals surface area (Å²) in [5.41, 5.74) is 2.72. The molecule has 2 aliphatic heterocycles. The van der Waals surface area contributed by atoms with Crippen molar-refractivity contribution in [1.82, 2.24) is 14.9 Å². The Morgan fingerprint density at radius 2 is 2.35 bits per heavy atom. The first-order valence-electron chi connectivity index (χ1n) is 6.64. The molecule has 0 radical (unpaired) electrons. The van der Waals surface area contributed by atoms with Crippen molar-refractivity contribution in [2.24, 2.45) is 0 Å². The first kappa shape index (κ1) is 11.2. The van der Waals surface area contributed by atoms with Gasteiger partial charge in [0.25, 0.3) is 0 Å². The van der Waals surface area contributed by atoms with Gasteiger partial charge in [-0.05, 0) is 26.7 Å². The van der Waals surface area contributed by atoms with E-state index in [0.717, 1.165) is 39.0 Å².